The number of anilines is 1. The number of sulfonamides is 1. The van der Waals surface area contributed by atoms with Crippen molar-refractivity contribution in [3.05, 3.63) is 64.2 Å². The standard InChI is InChI=1S/C23H30ClN3O4S/c1-6-20(23(29)25-4)26(14-18-11-7-8-12-19(18)24)22(28)15-27(32(5,30)31)21-13-9-10-16(2)17(21)3/h7-13,20H,6,14-15H2,1-5H3,(H,25,29)/t20-/m0/s1. The smallest absolute Gasteiger partial charge is 0.244 e. The van der Waals surface area contributed by atoms with E-state index < -0.39 is 28.5 Å². The molecule has 0 heterocycles. The van der Waals surface area contributed by atoms with Crippen LogP contribution in [0.5, 0.6) is 0 Å². The Morgan fingerprint density at radius 3 is 2.31 bits per heavy atom. The van der Waals surface area contributed by atoms with Crippen molar-refractivity contribution in [1.82, 2.24) is 10.2 Å². The molecule has 1 N–H and O–H groups in total. The number of rotatable bonds is 9. The molecule has 0 spiro atoms. The van der Waals surface area contributed by atoms with Gasteiger partial charge < -0.3 is 10.2 Å². The Balaban J connectivity index is 2.49. The number of carbonyl (C=O) groups excluding carboxylic acids is 2. The molecule has 2 rings (SSSR count). The molecule has 0 aliphatic carbocycles. The average molecular weight is 480 g/mol. The van der Waals surface area contributed by atoms with E-state index in [1.807, 2.05) is 19.9 Å². The highest BCUT2D eigenvalue weighted by Crippen LogP contribution is 2.26. The lowest BCUT2D eigenvalue weighted by molar-refractivity contribution is -0.140. The van der Waals surface area contributed by atoms with Crippen molar-refractivity contribution in [3.63, 3.8) is 0 Å². The fourth-order valence-corrected chi connectivity index (χ4v) is 4.59. The lowest BCUT2D eigenvalue weighted by Crippen LogP contribution is -2.51. The molecular weight excluding hydrogens is 450 g/mol. The van der Waals surface area contributed by atoms with Crippen LogP contribution in [0, 0.1) is 13.8 Å². The maximum Gasteiger partial charge on any atom is 0.244 e. The van der Waals surface area contributed by atoms with Crippen LogP contribution in [0.2, 0.25) is 5.02 Å². The van der Waals surface area contributed by atoms with Crippen LogP contribution in [-0.4, -0.2) is 51.0 Å². The second-order valence-electron chi connectivity index (χ2n) is 7.64. The maximum atomic E-state index is 13.5. The molecule has 0 fully saturated rings. The van der Waals surface area contributed by atoms with E-state index in [-0.39, 0.29) is 12.5 Å². The third-order valence-electron chi connectivity index (χ3n) is 5.45. The molecule has 2 aromatic carbocycles. The number of amides is 2. The van der Waals surface area contributed by atoms with Crippen molar-refractivity contribution in [2.75, 3.05) is 24.2 Å². The molecule has 0 bridgehead atoms. The summed E-state index contributed by atoms with van der Waals surface area (Å²) >= 11 is 6.30. The summed E-state index contributed by atoms with van der Waals surface area (Å²) in [5.74, 6) is -0.822. The van der Waals surface area contributed by atoms with Crippen molar-refractivity contribution in [3.8, 4) is 0 Å². The molecule has 0 saturated carbocycles. The zero-order valence-corrected chi connectivity index (χ0v) is 20.6. The van der Waals surface area contributed by atoms with Gasteiger partial charge in [0.1, 0.15) is 12.6 Å². The van der Waals surface area contributed by atoms with E-state index in [4.69, 9.17) is 11.6 Å². The molecule has 1 atom stereocenters. The number of nitrogens with one attached hydrogen (secondary N) is 1. The van der Waals surface area contributed by atoms with E-state index in [1.165, 1.54) is 11.9 Å². The van der Waals surface area contributed by atoms with E-state index in [0.29, 0.717) is 22.7 Å². The van der Waals surface area contributed by atoms with E-state index in [9.17, 15) is 18.0 Å². The van der Waals surface area contributed by atoms with Gasteiger partial charge in [0.2, 0.25) is 21.8 Å². The topological polar surface area (TPSA) is 86.8 Å². The van der Waals surface area contributed by atoms with E-state index in [0.717, 1.165) is 21.7 Å². The van der Waals surface area contributed by atoms with Crippen molar-refractivity contribution < 1.29 is 18.0 Å². The Kier molecular flexibility index (Phi) is 8.69. The van der Waals surface area contributed by atoms with Gasteiger partial charge in [0.15, 0.2) is 0 Å². The van der Waals surface area contributed by atoms with Crippen molar-refractivity contribution in [2.45, 2.75) is 39.8 Å². The summed E-state index contributed by atoms with van der Waals surface area (Å²) in [5.41, 5.74) is 2.78. The first-order valence-corrected chi connectivity index (χ1v) is 12.5. The Hall–Kier alpha value is -2.58. The molecule has 9 heteroatoms. The number of halogens is 1. The van der Waals surface area contributed by atoms with Gasteiger partial charge in [-0.25, -0.2) is 8.42 Å². The third kappa shape index (κ3) is 6.01. The van der Waals surface area contributed by atoms with Crippen LogP contribution in [-0.2, 0) is 26.2 Å². The normalized spacial score (nSPS) is 12.2. The second kappa shape index (κ2) is 10.8. The van der Waals surface area contributed by atoms with E-state index in [1.54, 1.807) is 43.3 Å². The van der Waals surface area contributed by atoms with Gasteiger partial charge in [0, 0.05) is 18.6 Å². The molecule has 0 unspecified atom stereocenters. The SMILES string of the molecule is CC[C@@H](C(=O)NC)N(Cc1ccccc1Cl)C(=O)CN(c1cccc(C)c1C)S(C)(=O)=O. The number of carbonyl (C=O) groups is 2. The summed E-state index contributed by atoms with van der Waals surface area (Å²) in [6.45, 7) is 5.14. The number of hydrogen-bond acceptors (Lipinski definition) is 4. The van der Waals surface area contributed by atoms with Gasteiger partial charge in [0.05, 0.1) is 11.9 Å². The fourth-order valence-electron chi connectivity index (χ4n) is 3.50. The summed E-state index contributed by atoms with van der Waals surface area (Å²) < 4.78 is 26.4. The fraction of sp³-hybridized carbons (Fsp3) is 0.391. The third-order valence-corrected chi connectivity index (χ3v) is 6.95. The Labute approximate surface area is 195 Å². The summed E-state index contributed by atoms with van der Waals surface area (Å²) in [4.78, 5) is 27.4. The van der Waals surface area contributed by atoms with E-state index in [2.05, 4.69) is 5.32 Å². The van der Waals surface area contributed by atoms with Gasteiger partial charge in [-0.2, -0.15) is 0 Å². The largest absolute Gasteiger partial charge is 0.357 e. The number of likely N-dealkylation sites (N-methyl/N-ethyl adjacent to an activating group) is 1. The minimum absolute atomic E-state index is 0.0782. The predicted octanol–water partition coefficient (Wildman–Crippen LogP) is 3.28. The zero-order chi connectivity index (χ0) is 24.1. The summed E-state index contributed by atoms with van der Waals surface area (Å²) in [7, 11) is -2.26. The maximum absolute atomic E-state index is 13.5. The number of aryl methyl sites for hydroxylation is 1. The molecule has 32 heavy (non-hydrogen) atoms. The molecule has 0 radical (unpaired) electrons. The summed E-state index contributed by atoms with van der Waals surface area (Å²) in [6.07, 6.45) is 1.43. The Bertz CT molecular complexity index is 1090. The molecule has 0 saturated heterocycles. The van der Waals surface area contributed by atoms with Gasteiger partial charge in [-0.3, -0.25) is 13.9 Å². The van der Waals surface area contributed by atoms with Gasteiger partial charge in [-0.1, -0.05) is 48.9 Å². The van der Waals surface area contributed by atoms with Gasteiger partial charge in [-0.05, 0) is 49.1 Å². The molecule has 7 nitrogen and oxygen atoms in total. The molecule has 0 aromatic heterocycles. The van der Waals surface area contributed by atoms with Gasteiger partial charge >= 0.3 is 0 Å². The van der Waals surface area contributed by atoms with Crippen LogP contribution in [0.4, 0.5) is 5.69 Å². The quantitative estimate of drug-likeness (QED) is 0.598. The molecule has 0 aliphatic rings. The van der Waals surface area contributed by atoms with Crippen LogP contribution in [0.25, 0.3) is 0 Å². The van der Waals surface area contributed by atoms with Crippen LogP contribution < -0.4 is 9.62 Å². The highest BCUT2D eigenvalue weighted by Gasteiger charge is 2.32. The first-order chi connectivity index (χ1) is 15.0. The number of nitrogens with zero attached hydrogens (tertiary/aromatic N) is 2. The van der Waals surface area contributed by atoms with Gasteiger partial charge in [0.25, 0.3) is 0 Å². The molecule has 2 amide bonds. The molecule has 0 aliphatic heterocycles. The highest BCUT2D eigenvalue weighted by atomic mass is 35.5. The summed E-state index contributed by atoms with van der Waals surface area (Å²) in [5, 5.41) is 3.05. The number of hydrogen-bond donors (Lipinski definition) is 1. The van der Waals surface area contributed by atoms with Crippen molar-refractivity contribution >= 4 is 39.1 Å². The minimum Gasteiger partial charge on any atom is -0.357 e. The summed E-state index contributed by atoms with van der Waals surface area (Å²) in [6, 6.07) is 11.6. The second-order valence-corrected chi connectivity index (χ2v) is 9.95. The first kappa shape index (κ1) is 25.7. The first-order valence-electron chi connectivity index (χ1n) is 10.3. The minimum atomic E-state index is -3.77. The Morgan fingerprint density at radius 1 is 1.09 bits per heavy atom. The monoisotopic (exact) mass is 479 g/mol. The molecular formula is C23H30ClN3O4S. The average Bonchev–Trinajstić information content (AvgIpc) is 2.74. The Morgan fingerprint density at radius 2 is 1.75 bits per heavy atom. The van der Waals surface area contributed by atoms with Crippen LogP contribution in [0.3, 0.4) is 0 Å². The van der Waals surface area contributed by atoms with Crippen LogP contribution >= 0.6 is 11.6 Å². The highest BCUT2D eigenvalue weighted by molar-refractivity contribution is 7.92. The van der Waals surface area contributed by atoms with Crippen LogP contribution in [0.15, 0.2) is 42.5 Å². The predicted molar refractivity (Wildman–Crippen MR) is 128 cm³/mol. The van der Waals surface area contributed by atoms with Crippen molar-refractivity contribution in [2.24, 2.45) is 0 Å². The molecule has 174 valence electrons. The number of benzene rings is 2. The molecule has 2 aromatic rings. The van der Waals surface area contributed by atoms with E-state index >= 15 is 0 Å². The van der Waals surface area contributed by atoms with Crippen LogP contribution in [0.1, 0.15) is 30.0 Å². The lowest BCUT2D eigenvalue weighted by atomic mass is 10.1. The lowest BCUT2D eigenvalue weighted by Gasteiger charge is -2.33. The van der Waals surface area contributed by atoms with Crippen molar-refractivity contribution in [1.29, 1.82) is 0 Å². The zero-order valence-electron chi connectivity index (χ0n) is 19.1. The van der Waals surface area contributed by atoms with Gasteiger partial charge in [-0.15, -0.1) is 0 Å².